The number of aromatic nitrogens is 6. The zero-order valence-corrected chi connectivity index (χ0v) is 17.2. The van der Waals surface area contributed by atoms with Crippen molar-refractivity contribution in [3.8, 4) is 22.8 Å². The molecule has 2 aliphatic carbocycles. The molecule has 2 N–H and O–H groups in total. The Morgan fingerprint density at radius 3 is 1.68 bits per heavy atom. The molecule has 0 aromatic carbocycles. The molecule has 0 radical (unpaired) electrons. The molecule has 0 unspecified atom stereocenters. The third kappa shape index (κ3) is 2.61. The van der Waals surface area contributed by atoms with Crippen molar-refractivity contribution in [2.75, 3.05) is 0 Å². The van der Waals surface area contributed by atoms with Gasteiger partial charge in [-0.25, -0.2) is 4.98 Å². The van der Waals surface area contributed by atoms with E-state index < -0.39 is 0 Å². The molecule has 28 heavy (non-hydrogen) atoms. The maximum Gasteiger partial charge on any atom is 0.116 e. The molecule has 3 aromatic rings. The molecule has 0 bridgehead atoms. The molecule has 6 heteroatoms. The first-order chi connectivity index (χ1) is 13.4. The fraction of sp³-hybridized carbons (Fsp3) is 0.545. The largest absolute Gasteiger partial charge is 0.281 e. The van der Waals surface area contributed by atoms with Crippen molar-refractivity contribution < 1.29 is 0 Å². The molecule has 0 atom stereocenters. The van der Waals surface area contributed by atoms with Gasteiger partial charge in [-0.05, 0) is 38.5 Å². The van der Waals surface area contributed by atoms with Crippen LogP contribution in [0.3, 0.4) is 0 Å². The Labute approximate surface area is 165 Å². The summed E-state index contributed by atoms with van der Waals surface area (Å²) in [5.74, 6) is 0. The Hall–Kier alpha value is -2.50. The summed E-state index contributed by atoms with van der Waals surface area (Å²) in [6.07, 6.45) is 10.5. The van der Waals surface area contributed by atoms with Crippen molar-refractivity contribution in [3.63, 3.8) is 0 Å². The summed E-state index contributed by atoms with van der Waals surface area (Å²) in [5, 5.41) is 15.9. The first kappa shape index (κ1) is 17.6. The van der Waals surface area contributed by atoms with Gasteiger partial charge in [0.2, 0.25) is 0 Å². The molecule has 3 aromatic heterocycles. The quantitative estimate of drug-likeness (QED) is 0.690. The van der Waals surface area contributed by atoms with Gasteiger partial charge in [-0.2, -0.15) is 10.2 Å². The number of nitrogens with one attached hydrogen (secondary N) is 2. The van der Waals surface area contributed by atoms with E-state index in [1.165, 1.54) is 48.2 Å². The van der Waals surface area contributed by atoms with Gasteiger partial charge in [-0.3, -0.25) is 15.2 Å². The van der Waals surface area contributed by atoms with E-state index >= 15 is 0 Å². The topological polar surface area (TPSA) is 83.1 Å². The van der Waals surface area contributed by atoms with Gasteiger partial charge in [0.15, 0.2) is 0 Å². The van der Waals surface area contributed by atoms with E-state index in [1.54, 1.807) is 0 Å². The lowest BCUT2D eigenvalue weighted by atomic mass is 9.76. The fourth-order valence-corrected chi connectivity index (χ4v) is 5.02. The smallest absolute Gasteiger partial charge is 0.116 e. The molecule has 6 nitrogen and oxygen atoms in total. The first-order valence-corrected chi connectivity index (χ1v) is 10.3. The molecule has 0 aliphatic heterocycles. The van der Waals surface area contributed by atoms with Gasteiger partial charge in [0.25, 0.3) is 0 Å². The second-order valence-electron chi connectivity index (χ2n) is 9.62. The van der Waals surface area contributed by atoms with Gasteiger partial charge < -0.3 is 0 Å². The van der Waals surface area contributed by atoms with Crippen LogP contribution in [0.25, 0.3) is 22.8 Å². The van der Waals surface area contributed by atoms with Crippen LogP contribution in [0.4, 0.5) is 0 Å². The van der Waals surface area contributed by atoms with E-state index in [1.807, 2.05) is 12.4 Å². The summed E-state index contributed by atoms with van der Waals surface area (Å²) in [6, 6.07) is 0. The molecule has 0 saturated carbocycles. The maximum atomic E-state index is 4.94. The Morgan fingerprint density at radius 2 is 1.21 bits per heavy atom. The summed E-state index contributed by atoms with van der Waals surface area (Å²) < 4.78 is 0. The lowest BCUT2D eigenvalue weighted by molar-refractivity contribution is 0.420. The highest BCUT2D eigenvalue weighted by Crippen LogP contribution is 2.41. The standard InChI is InChI=1S/C22H28N6/c1-21(2)9-5-7-13-17(25-27-19(13)21)15-11-23-12-16(24-15)18-14-8-6-10-22(3,4)20(14)28-26-18/h11-12H,5-10H2,1-4H3,(H,25,27)(H,26,28). The van der Waals surface area contributed by atoms with Crippen LogP contribution < -0.4 is 0 Å². The number of hydrogen-bond acceptors (Lipinski definition) is 4. The number of H-pyrrole nitrogens is 2. The SMILES string of the molecule is CC1(C)CCCc2c(-c3cncc(-c4n[nH]c5c4CCCC5(C)C)n3)n[nH]c21. The molecular weight excluding hydrogens is 348 g/mol. The minimum absolute atomic E-state index is 0.136. The van der Waals surface area contributed by atoms with Gasteiger partial charge in [0, 0.05) is 33.3 Å². The van der Waals surface area contributed by atoms with Gasteiger partial charge in [0.05, 0.1) is 12.4 Å². The molecule has 3 heterocycles. The zero-order valence-electron chi connectivity index (χ0n) is 17.2. The summed E-state index contributed by atoms with van der Waals surface area (Å²) in [7, 11) is 0. The van der Waals surface area contributed by atoms with E-state index in [0.29, 0.717) is 0 Å². The maximum absolute atomic E-state index is 4.94. The molecule has 0 fully saturated rings. The van der Waals surface area contributed by atoms with Crippen LogP contribution in [0.2, 0.25) is 0 Å². The molecule has 0 spiro atoms. The van der Waals surface area contributed by atoms with Gasteiger partial charge >= 0.3 is 0 Å². The Bertz CT molecular complexity index is 960. The van der Waals surface area contributed by atoms with Crippen LogP contribution in [0.15, 0.2) is 12.4 Å². The monoisotopic (exact) mass is 376 g/mol. The Morgan fingerprint density at radius 1 is 0.750 bits per heavy atom. The van der Waals surface area contributed by atoms with Crippen molar-refractivity contribution in [3.05, 3.63) is 34.9 Å². The Kier molecular flexibility index (Phi) is 3.77. The van der Waals surface area contributed by atoms with Crippen LogP contribution in [-0.2, 0) is 23.7 Å². The van der Waals surface area contributed by atoms with Crippen molar-refractivity contribution >= 4 is 0 Å². The Balaban J connectivity index is 1.58. The number of aromatic amines is 2. The second-order valence-corrected chi connectivity index (χ2v) is 9.62. The predicted octanol–water partition coefficient (Wildman–Crippen LogP) is 4.48. The number of rotatable bonds is 2. The van der Waals surface area contributed by atoms with Gasteiger partial charge in [0.1, 0.15) is 22.8 Å². The number of hydrogen-bond donors (Lipinski definition) is 2. The van der Waals surface area contributed by atoms with Crippen molar-refractivity contribution in [1.29, 1.82) is 0 Å². The summed E-state index contributed by atoms with van der Waals surface area (Å²) in [5.41, 5.74) is 8.93. The van der Waals surface area contributed by atoms with E-state index in [-0.39, 0.29) is 10.8 Å². The predicted molar refractivity (Wildman–Crippen MR) is 109 cm³/mol. The number of nitrogens with zero attached hydrogens (tertiary/aromatic N) is 4. The summed E-state index contributed by atoms with van der Waals surface area (Å²) in [6.45, 7) is 9.14. The average molecular weight is 377 g/mol. The third-order valence-corrected chi connectivity index (χ3v) is 6.66. The van der Waals surface area contributed by atoms with Crippen molar-refractivity contribution in [2.24, 2.45) is 0 Å². The van der Waals surface area contributed by atoms with Crippen molar-refractivity contribution in [1.82, 2.24) is 30.4 Å². The van der Waals surface area contributed by atoms with Crippen molar-refractivity contribution in [2.45, 2.75) is 77.0 Å². The minimum atomic E-state index is 0.136. The van der Waals surface area contributed by atoms with E-state index in [2.05, 4.69) is 53.1 Å². The minimum Gasteiger partial charge on any atom is -0.281 e. The van der Waals surface area contributed by atoms with E-state index in [9.17, 15) is 0 Å². The average Bonchev–Trinajstić information content (AvgIpc) is 3.27. The molecule has 0 saturated heterocycles. The van der Waals surface area contributed by atoms with Gasteiger partial charge in [-0.1, -0.05) is 27.7 Å². The molecule has 146 valence electrons. The molecular formula is C22H28N6. The highest BCUT2D eigenvalue weighted by molar-refractivity contribution is 5.66. The first-order valence-electron chi connectivity index (χ1n) is 10.3. The molecule has 2 aliphatic rings. The van der Waals surface area contributed by atoms with E-state index in [4.69, 9.17) is 4.98 Å². The highest BCUT2D eigenvalue weighted by Gasteiger charge is 2.34. The summed E-state index contributed by atoms with van der Waals surface area (Å²) in [4.78, 5) is 9.44. The lowest BCUT2D eigenvalue weighted by Gasteiger charge is -2.29. The van der Waals surface area contributed by atoms with Crippen LogP contribution in [-0.4, -0.2) is 30.4 Å². The molecule has 0 amide bonds. The van der Waals surface area contributed by atoms with Gasteiger partial charge in [-0.15, -0.1) is 0 Å². The second kappa shape index (κ2) is 6.00. The number of fused-ring (bicyclic) bond motifs is 2. The van der Waals surface area contributed by atoms with E-state index in [0.717, 1.165) is 35.6 Å². The third-order valence-electron chi connectivity index (χ3n) is 6.66. The van der Waals surface area contributed by atoms with Crippen LogP contribution in [0, 0.1) is 0 Å². The van der Waals surface area contributed by atoms with Crippen LogP contribution in [0.1, 0.15) is 75.9 Å². The molecule has 5 rings (SSSR count). The zero-order chi connectivity index (χ0) is 19.5. The highest BCUT2D eigenvalue weighted by atomic mass is 15.2. The fourth-order valence-electron chi connectivity index (χ4n) is 5.02. The van der Waals surface area contributed by atoms with Crippen LogP contribution in [0.5, 0.6) is 0 Å². The lowest BCUT2D eigenvalue weighted by Crippen LogP contribution is -2.23. The summed E-state index contributed by atoms with van der Waals surface area (Å²) >= 11 is 0. The normalized spacial score (nSPS) is 19.9. The van der Waals surface area contributed by atoms with Crippen LogP contribution >= 0.6 is 0 Å².